The average molecular weight is 337 g/mol. The van der Waals surface area contributed by atoms with Crippen LogP contribution in [0.15, 0.2) is 0 Å². The number of aromatic nitrogens is 2. The number of nitrogens with zero attached hydrogens (tertiary/aromatic N) is 4. The molecule has 0 radical (unpaired) electrons. The summed E-state index contributed by atoms with van der Waals surface area (Å²) in [5.41, 5.74) is 2.37. The van der Waals surface area contributed by atoms with Crippen LogP contribution in [0.2, 0.25) is 0 Å². The molecule has 0 aromatic carbocycles. The fourth-order valence-electron chi connectivity index (χ4n) is 2.92. The van der Waals surface area contributed by atoms with Crippen molar-refractivity contribution in [2.45, 2.75) is 45.6 Å². The van der Waals surface area contributed by atoms with Crippen LogP contribution in [0, 0.1) is 11.3 Å². The normalized spacial score (nSPS) is 17.0. The maximum Gasteiger partial charge on any atom is 0.211 e. The summed E-state index contributed by atoms with van der Waals surface area (Å²) >= 11 is 0. The molecule has 0 atom stereocenters. The molecule has 1 saturated heterocycles. The Labute approximate surface area is 137 Å². The van der Waals surface area contributed by atoms with Crippen molar-refractivity contribution in [1.29, 1.82) is 5.26 Å². The highest BCUT2D eigenvalue weighted by atomic mass is 32.2. The number of anilines is 1. The van der Waals surface area contributed by atoms with Crippen LogP contribution in [0.1, 0.15) is 43.5 Å². The maximum absolute atomic E-state index is 11.5. The Kier molecular flexibility index (Phi) is 5.55. The van der Waals surface area contributed by atoms with Crippen LogP contribution in [-0.2, 0) is 22.9 Å². The summed E-state index contributed by atoms with van der Waals surface area (Å²) < 4.78 is 24.6. The van der Waals surface area contributed by atoms with E-state index in [1.165, 1.54) is 10.6 Å². The van der Waals surface area contributed by atoms with Crippen LogP contribution < -0.4 is 5.32 Å². The first kappa shape index (κ1) is 17.6. The molecule has 0 amide bonds. The number of aryl methyl sites for hydroxylation is 1. The second-order valence-corrected chi connectivity index (χ2v) is 7.73. The van der Waals surface area contributed by atoms with Crippen LogP contribution in [0.4, 0.5) is 5.82 Å². The molecule has 8 heteroatoms. The van der Waals surface area contributed by atoms with Crippen molar-refractivity contribution in [2.24, 2.45) is 0 Å². The Hall–Kier alpha value is -1.72. The van der Waals surface area contributed by atoms with Gasteiger partial charge >= 0.3 is 0 Å². The van der Waals surface area contributed by atoms with Gasteiger partial charge in [-0.05, 0) is 31.2 Å². The number of hydrogen-bond acceptors (Lipinski definition) is 6. The van der Waals surface area contributed by atoms with Crippen LogP contribution in [0.3, 0.4) is 0 Å². The van der Waals surface area contributed by atoms with E-state index in [0.717, 1.165) is 24.1 Å². The third-order valence-electron chi connectivity index (χ3n) is 4.22. The zero-order valence-electron chi connectivity index (χ0n) is 13.8. The van der Waals surface area contributed by atoms with Crippen molar-refractivity contribution in [3.8, 4) is 6.07 Å². The zero-order valence-corrected chi connectivity index (χ0v) is 14.7. The van der Waals surface area contributed by atoms with E-state index in [9.17, 15) is 13.7 Å². The van der Waals surface area contributed by atoms with E-state index < -0.39 is 10.0 Å². The number of nitriles is 1. The van der Waals surface area contributed by atoms with E-state index in [2.05, 4.69) is 21.6 Å². The number of piperidine rings is 1. The second-order valence-electron chi connectivity index (χ2n) is 5.75. The third-order valence-corrected chi connectivity index (χ3v) is 5.52. The Bertz CT molecular complexity index is 703. The fraction of sp³-hybridized carbons (Fsp3) is 0.667. The SMILES string of the molecule is CCc1nnc(NC2CCN(S(C)(=O)=O)CC2)c(C#N)c1CC. The van der Waals surface area contributed by atoms with Crippen molar-refractivity contribution in [3.05, 3.63) is 16.8 Å². The zero-order chi connectivity index (χ0) is 17.0. The number of rotatable bonds is 5. The molecule has 2 rings (SSSR count). The number of hydrogen-bond donors (Lipinski definition) is 1. The monoisotopic (exact) mass is 337 g/mol. The Morgan fingerprint density at radius 1 is 1.26 bits per heavy atom. The van der Waals surface area contributed by atoms with Gasteiger partial charge in [-0.1, -0.05) is 13.8 Å². The highest BCUT2D eigenvalue weighted by molar-refractivity contribution is 7.88. The summed E-state index contributed by atoms with van der Waals surface area (Å²) in [5.74, 6) is 0.513. The first-order chi connectivity index (χ1) is 10.9. The lowest BCUT2D eigenvalue weighted by Crippen LogP contribution is -2.42. The predicted molar refractivity (Wildman–Crippen MR) is 88.6 cm³/mol. The lowest BCUT2D eigenvalue weighted by atomic mass is 10.0. The van der Waals surface area contributed by atoms with E-state index in [0.29, 0.717) is 37.3 Å². The molecule has 1 aromatic heterocycles. The fourth-order valence-corrected chi connectivity index (χ4v) is 3.79. The van der Waals surface area contributed by atoms with E-state index >= 15 is 0 Å². The highest BCUT2D eigenvalue weighted by Crippen LogP contribution is 2.23. The molecule has 0 aliphatic carbocycles. The maximum atomic E-state index is 11.5. The molecule has 0 spiro atoms. The van der Waals surface area contributed by atoms with Gasteiger partial charge in [0, 0.05) is 19.1 Å². The van der Waals surface area contributed by atoms with Gasteiger partial charge in [0.15, 0.2) is 5.82 Å². The topological polar surface area (TPSA) is 99.0 Å². The predicted octanol–water partition coefficient (Wildman–Crippen LogP) is 1.31. The Morgan fingerprint density at radius 2 is 1.91 bits per heavy atom. The standard InChI is InChI=1S/C15H23N5O2S/c1-4-12-13(10-16)15(19-18-14(12)5-2)17-11-6-8-20(9-7-11)23(3,21)22/h11H,4-9H2,1-3H3,(H,17,19). The molecular formula is C15H23N5O2S. The molecule has 126 valence electrons. The lowest BCUT2D eigenvalue weighted by molar-refractivity contribution is 0.331. The third kappa shape index (κ3) is 3.98. The van der Waals surface area contributed by atoms with Crippen molar-refractivity contribution in [3.63, 3.8) is 0 Å². The summed E-state index contributed by atoms with van der Waals surface area (Å²) in [7, 11) is -3.13. The largest absolute Gasteiger partial charge is 0.365 e. The summed E-state index contributed by atoms with van der Waals surface area (Å²) in [6, 6.07) is 2.34. The van der Waals surface area contributed by atoms with Gasteiger partial charge in [-0.2, -0.15) is 10.4 Å². The van der Waals surface area contributed by atoms with Crippen molar-refractivity contribution in [1.82, 2.24) is 14.5 Å². The van der Waals surface area contributed by atoms with Crippen molar-refractivity contribution in [2.75, 3.05) is 24.7 Å². The van der Waals surface area contributed by atoms with Gasteiger partial charge in [-0.3, -0.25) is 0 Å². The van der Waals surface area contributed by atoms with E-state index in [1.807, 2.05) is 13.8 Å². The highest BCUT2D eigenvalue weighted by Gasteiger charge is 2.26. The first-order valence-electron chi connectivity index (χ1n) is 7.90. The summed E-state index contributed by atoms with van der Waals surface area (Å²) in [6.07, 6.45) is 4.10. The molecule has 1 aliphatic rings. The molecule has 7 nitrogen and oxygen atoms in total. The number of sulfonamides is 1. The minimum Gasteiger partial charge on any atom is -0.365 e. The molecule has 0 bridgehead atoms. The number of nitrogens with one attached hydrogen (secondary N) is 1. The van der Waals surface area contributed by atoms with Crippen LogP contribution in [0.25, 0.3) is 0 Å². The molecule has 1 N–H and O–H groups in total. The van der Waals surface area contributed by atoms with E-state index in [-0.39, 0.29) is 6.04 Å². The van der Waals surface area contributed by atoms with Crippen molar-refractivity contribution >= 4 is 15.8 Å². The summed E-state index contributed by atoms with van der Waals surface area (Å²) in [6.45, 7) is 4.97. The Morgan fingerprint density at radius 3 is 2.39 bits per heavy atom. The summed E-state index contributed by atoms with van der Waals surface area (Å²) in [4.78, 5) is 0. The van der Waals surface area contributed by atoms with Gasteiger partial charge in [0.05, 0.1) is 11.9 Å². The van der Waals surface area contributed by atoms with Gasteiger partial charge in [0.25, 0.3) is 0 Å². The summed E-state index contributed by atoms with van der Waals surface area (Å²) in [5, 5.41) is 21.2. The van der Waals surface area contributed by atoms with Crippen LogP contribution >= 0.6 is 0 Å². The van der Waals surface area contributed by atoms with Gasteiger partial charge in [-0.15, -0.1) is 5.10 Å². The second kappa shape index (κ2) is 7.23. The van der Waals surface area contributed by atoms with E-state index in [1.54, 1.807) is 0 Å². The molecule has 2 heterocycles. The molecule has 1 fully saturated rings. The lowest BCUT2D eigenvalue weighted by Gasteiger charge is -2.31. The van der Waals surface area contributed by atoms with Crippen molar-refractivity contribution < 1.29 is 8.42 Å². The minimum atomic E-state index is -3.13. The quantitative estimate of drug-likeness (QED) is 0.869. The molecular weight excluding hydrogens is 314 g/mol. The molecule has 1 aromatic rings. The van der Waals surface area contributed by atoms with Gasteiger partial charge < -0.3 is 5.32 Å². The smallest absolute Gasteiger partial charge is 0.211 e. The molecule has 1 aliphatic heterocycles. The molecule has 0 unspecified atom stereocenters. The van der Waals surface area contributed by atoms with Crippen LogP contribution in [0.5, 0.6) is 0 Å². The minimum absolute atomic E-state index is 0.103. The van der Waals surface area contributed by atoms with Crippen LogP contribution in [-0.4, -0.2) is 48.3 Å². The van der Waals surface area contributed by atoms with Gasteiger partial charge in [0.1, 0.15) is 11.6 Å². The van der Waals surface area contributed by atoms with Gasteiger partial charge in [-0.25, -0.2) is 12.7 Å². The average Bonchev–Trinajstić information content (AvgIpc) is 2.53. The first-order valence-corrected chi connectivity index (χ1v) is 9.75. The Balaban J connectivity index is 2.15. The molecule has 23 heavy (non-hydrogen) atoms. The van der Waals surface area contributed by atoms with E-state index in [4.69, 9.17) is 0 Å². The molecule has 0 saturated carbocycles. The van der Waals surface area contributed by atoms with Gasteiger partial charge in [0.2, 0.25) is 10.0 Å².